The second kappa shape index (κ2) is 4.80. The Kier molecular flexibility index (Phi) is 3.20. The predicted molar refractivity (Wildman–Crippen MR) is 67.7 cm³/mol. The number of Topliss-reactive ketones (excluding diaryl/α,β-unsaturated/α-hetero) is 1. The summed E-state index contributed by atoms with van der Waals surface area (Å²) in [6.07, 6.45) is 0.266. The maximum Gasteiger partial charge on any atom is 0.167 e. The zero-order valence-corrected chi connectivity index (χ0v) is 9.68. The SMILES string of the molecule is CC(CC#N)C(=O)c1cccc2ccccc12. The second-order valence-electron chi connectivity index (χ2n) is 4.15. The van der Waals surface area contributed by atoms with Crippen LogP contribution < -0.4 is 0 Å². The number of carbonyl (C=O) groups is 1. The third-order valence-corrected chi connectivity index (χ3v) is 2.90. The Bertz CT molecular complexity index is 590. The number of nitrogens with zero attached hydrogens (tertiary/aromatic N) is 1. The Morgan fingerprint density at radius 2 is 1.94 bits per heavy atom. The van der Waals surface area contributed by atoms with Crippen molar-refractivity contribution in [2.45, 2.75) is 13.3 Å². The lowest BCUT2D eigenvalue weighted by atomic mass is 9.93. The van der Waals surface area contributed by atoms with Gasteiger partial charge in [0.25, 0.3) is 0 Å². The molecule has 2 nitrogen and oxygen atoms in total. The fraction of sp³-hybridized carbons (Fsp3) is 0.200. The van der Waals surface area contributed by atoms with Crippen molar-refractivity contribution >= 4 is 16.6 Å². The lowest BCUT2D eigenvalue weighted by Gasteiger charge is -2.09. The van der Waals surface area contributed by atoms with Gasteiger partial charge in [0.15, 0.2) is 5.78 Å². The summed E-state index contributed by atoms with van der Waals surface area (Å²) in [4.78, 5) is 12.2. The largest absolute Gasteiger partial charge is 0.294 e. The van der Waals surface area contributed by atoms with Crippen LogP contribution in [0.3, 0.4) is 0 Å². The molecule has 2 rings (SSSR count). The molecular formula is C15H13NO. The van der Waals surface area contributed by atoms with Crippen molar-refractivity contribution in [2.24, 2.45) is 5.92 Å². The molecule has 0 aliphatic rings. The maximum atomic E-state index is 12.2. The quantitative estimate of drug-likeness (QED) is 0.746. The monoisotopic (exact) mass is 223 g/mol. The molecular weight excluding hydrogens is 210 g/mol. The number of benzene rings is 2. The summed E-state index contributed by atoms with van der Waals surface area (Å²) in [6, 6.07) is 15.6. The van der Waals surface area contributed by atoms with E-state index in [-0.39, 0.29) is 18.1 Å². The number of hydrogen-bond donors (Lipinski definition) is 0. The van der Waals surface area contributed by atoms with Crippen LogP contribution >= 0.6 is 0 Å². The van der Waals surface area contributed by atoms with Crippen molar-refractivity contribution in [3.05, 3.63) is 48.0 Å². The zero-order chi connectivity index (χ0) is 12.3. The molecule has 2 aromatic carbocycles. The van der Waals surface area contributed by atoms with Gasteiger partial charge in [0.1, 0.15) is 0 Å². The molecule has 0 spiro atoms. The molecule has 17 heavy (non-hydrogen) atoms. The number of ketones is 1. The van der Waals surface area contributed by atoms with E-state index < -0.39 is 0 Å². The van der Waals surface area contributed by atoms with E-state index in [1.807, 2.05) is 48.5 Å². The van der Waals surface area contributed by atoms with Crippen LogP contribution in [0.4, 0.5) is 0 Å². The Balaban J connectivity index is 2.49. The number of fused-ring (bicyclic) bond motifs is 1. The van der Waals surface area contributed by atoms with E-state index >= 15 is 0 Å². The van der Waals surface area contributed by atoms with Gasteiger partial charge in [-0.25, -0.2) is 0 Å². The molecule has 0 saturated carbocycles. The molecule has 0 radical (unpaired) electrons. The number of hydrogen-bond acceptors (Lipinski definition) is 2. The maximum absolute atomic E-state index is 12.2. The summed E-state index contributed by atoms with van der Waals surface area (Å²) in [5.41, 5.74) is 0.714. The third kappa shape index (κ3) is 2.19. The van der Waals surface area contributed by atoms with Crippen LogP contribution in [0.25, 0.3) is 10.8 Å². The molecule has 0 aliphatic carbocycles. The molecule has 0 fully saturated rings. The molecule has 84 valence electrons. The number of rotatable bonds is 3. The van der Waals surface area contributed by atoms with Crippen LogP contribution in [0.2, 0.25) is 0 Å². The molecule has 0 heterocycles. The average Bonchev–Trinajstić information content (AvgIpc) is 2.37. The standard InChI is InChI=1S/C15H13NO/c1-11(9-10-16)15(17)14-8-4-6-12-5-2-3-7-13(12)14/h2-8,11H,9H2,1H3. The van der Waals surface area contributed by atoms with E-state index in [9.17, 15) is 4.79 Å². The third-order valence-electron chi connectivity index (χ3n) is 2.90. The van der Waals surface area contributed by atoms with Gasteiger partial charge < -0.3 is 0 Å². The molecule has 1 atom stereocenters. The second-order valence-corrected chi connectivity index (χ2v) is 4.15. The highest BCUT2D eigenvalue weighted by molar-refractivity contribution is 6.09. The molecule has 2 aromatic rings. The summed E-state index contributed by atoms with van der Waals surface area (Å²) in [7, 11) is 0. The topological polar surface area (TPSA) is 40.9 Å². The Morgan fingerprint density at radius 1 is 1.24 bits per heavy atom. The minimum Gasteiger partial charge on any atom is -0.294 e. The highest BCUT2D eigenvalue weighted by Gasteiger charge is 2.16. The van der Waals surface area contributed by atoms with Gasteiger partial charge in [0, 0.05) is 17.9 Å². The van der Waals surface area contributed by atoms with Crippen LogP contribution in [0, 0.1) is 17.2 Å². The van der Waals surface area contributed by atoms with E-state index in [1.165, 1.54) is 0 Å². The van der Waals surface area contributed by atoms with Gasteiger partial charge >= 0.3 is 0 Å². The van der Waals surface area contributed by atoms with Gasteiger partial charge in [-0.3, -0.25) is 4.79 Å². The molecule has 0 aliphatic heterocycles. The van der Waals surface area contributed by atoms with Crippen molar-refractivity contribution in [3.63, 3.8) is 0 Å². The van der Waals surface area contributed by atoms with Gasteiger partial charge in [0.2, 0.25) is 0 Å². The Labute approximate surface area is 100 Å². The lowest BCUT2D eigenvalue weighted by molar-refractivity contribution is 0.0933. The lowest BCUT2D eigenvalue weighted by Crippen LogP contribution is -2.11. The summed E-state index contributed by atoms with van der Waals surface area (Å²) in [5, 5.41) is 10.7. The van der Waals surface area contributed by atoms with E-state index in [0.717, 1.165) is 10.8 Å². The van der Waals surface area contributed by atoms with Crippen LogP contribution in [0.1, 0.15) is 23.7 Å². The predicted octanol–water partition coefficient (Wildman–Crippen LogP) is 3.57. The molecule has 0 N–H and O–H groups in total. The molecule has 0 aromatic heterocycles. The summed E-state index contributed by atoms with van der Waals surface area (Å²) in [6.45, 7) is 1.80. The molecule has 0 bridgehead atoms. The first kappa shape index (κ1) is 11.3. The molecule has 1 unspecified atom stereocenters. The average molecular weight is 223 g/mol. The normalized spacial score (nSPS) is 12.0. The van der Waals surface area contributed by atoms with E-state index in [2.05, 4.69) is 0 Å². The van der Waals surface area contributed by atoms with Crippen LogP contribution in [-0.2, 0) is 0 Å². The zero-order valence-electron chi connectivity index (χ0n) is 9.68. The Hall–Kier alpha value is -2.14. The van der Waals surface area contributed by atoms with Crippen LogP contribution in [0.15, 0.2) is 42.5 Å². The number of carbonyl (C=O) groups excluding carboxylic acids is 1. The van der Waals surface area contributed by atoms with Gasteiger partial charge in [-0.1, -0.05) is 49.4 Å². The highest BCUT2D eigenvalue weighted by atomic mass is 16.1. The van der Waals surface area contributed by atoms with Gasteiger partial charge in [-0.2, -0.15) is 5.26 Å². The molecule has 2 heteroatoms. The van der Waals surface area contributed by atoms with Crippen molar-refractivity contribution in [1.29, 1.82) is 5.26 Å². The minimum absolute atomic E-state index is 0.0448. The van der Waals surface area contributed by atoms with Crippen molar-refractivity contribution in [3.8, 4) is 6.07 Å². The van der Waals surface area contributed by atoms with Gasteiger partial charge in [-0.05, 0) is 10.8 Å². The summed E-state index contributed by atoms with van der Waals surface area (Å²) >= 11 is 0. The minimum atomic E-state index is -0.245. The molecule has 0 saturated heterocycles. The Morgan fingerprint density at radius 3 is 2.71 bits per heavy atom. The van der Waals surface area contributed by atoms with Crippen molar-refractivity contribution in [2.75, 3.05) is 0 Å². The number of nitriles is 1. The first-order valence-corrected chi connectivity index (χ1v) is 5.63. The summed E-state index contributed by atoms with van der Waals surface area (Å²) in [5.74, 6) is -0.200. The van der Waals surface area contributed by atoms with E-state index in [1.54, 1.807) is 6.92 Å². The van der Waals surface area contributed by atoms with Crippen LogP contribution in [0.5, 0.6) is 0 Å². The van der Waals surface area contributed by atoms with E-state index in [4.69, 9.17) is 5.26 Å². The van der Waals surface area contributed by atoms with Gasteiger partial charge in [-0.15, -0.1) is 0 Å². The smallest absolute Gasteiger partial charge is 0.167 e. The first-order valence-electron chi connectivity index (χ1n) is 5.63. The summed E-state index contributed by atoms with van der Waals surface area (Å²) < 4.78 is 0. The fourth-order valence-electron chi connectivity index (χ4n) is 1.94. The van der Waals surface area contributed by atoms with Crippen molar-refractivity contribution < 1.29 is 4.79 Å². The molecule has 0 amide bonds. The first-order chi connectivity index (χ1) is 8.24. The highest BCUT2D eigenvalue weighted by Crippen LogP contribution is 2.22. The van der Waals surface area contributed by atoms with Gasteiger partial charge in [0.05, 0.1) is 6.07 Å². The van der Waals surface area contributed by atoms with E-state index in [0.29, 0.717) is 5.56 Å². The van der Waals surface area contributed by atoms with Crippen LogP contribution in [-0.4, -0.2) is 5.78 Å². The van der Waals surface area contributed by atoms with Crippen molar-refractivity contribution in [1.82, 2.24) is 0 Å². The fourth-order valence-corrected chi connectivity index (χ4v) is 1.94.